The van der Waals surface area contributed by atoms with Gasteiger partial charge in [-0.05, 0) is 56.0 Å². The predicted molar refractivity (Wildman–Crippen MR) is 162 cm³/mol. The highest BCUT2D eigenvalue weighted by atomic mass is 32.1. The van der Waals surface area contributed by atoms with Gasteiger partial charge in [0.2, 0.25) is 5.91 Å². The third-order valence-electron chi connectivity index (χ3n) is 8.08. The van der Waals surface area contributed by atoms with Crippen LogP contribution in [0.1, 0.15) is 41.7 Å². The Labute approximate surface area is 249 Å². The lowest BCUT2D eigenvalue weighted by molar-refractivity contribution is -0.117. The van der Waals surface area contributed by atoms with Gasteiger partial charge in [0.1, 0.15) is 17.5 Å². The molecule has 13 heteroatoms. The molecule has 3 fully saturated rings. The van der Waals surface area contributed by atoms with Gasteiger partial charge in [-0.2, -0.15) is 0 Å². The van der Waals surface area contributed by atoms with E-state index in [-0.39, 0.29) is 23.9 Å². The van der Waals surface area contributed by atoms with E-state index in [0.29, 0.717) is 25.5 Å². The molecule has 0 saturated carbocycles. The number of ether oxygens (including phenoxy) is 1. The fraction of sp³-hybridized carbons (Fsp3) is 0.517. The van der Waals surface area contributed by atoms with E-state index in [1.165, 1.54) is 6.08 Å². The minimum Gasteiger partial charge on any atom is -0.378 e. The molecule has 42 heavy (non-hydrogen) atoms. The van der Waals surface area contributed by atoms with E-state index in [9.17, 15) is 9.59 Å². The summed E-state index contributed by atoms with van der Waals surface area (Å²) in [4.78, 5) is 50.8. The van der Waals surface area contributed by atoms with Crippen LogP contribution >= 0.6 is 11.3 Å². The predicted octanol–water partition coefficient (Wildman–Crippen LogP) is 1.98. The maximum absolute atomic E-state index is 13.1. The zero-order valence-corrected chi connectivity index (χ0v) is 24.5. The van der Waals surface area contributed by atoms with Gasteiger partial charge in [-0.15, -0.1) is 0 Å². The maximum Gasteiger partial charge on any atom is 0.270 e. The van der Waals surface area contributed by atoms with Crippen LogP contribution in [0.3, 0.4) is 0 Å². The number of anilines is 2. The number of aromatic nitrogens is 4. The number of morpholine rings is 1. The molecule has 3 saturated heterocycles. The van der Waals surface area contributed by atoms with Gasteiger partial charge < -0.3 is 25.2 Å². The largest absolute Gasteiger partial charge is 0.378 e. The van der Waals surface area contributed by atoms with Crippen molar-refractivity contribution in [2.45, 2.75) is 44.3 Å². The summed E-state index contributed by atoms with van der Waals surface area (Å²) in [6.45, 7) is 10.6. The Balaban J connectivity index is 1.02. The average Bonchev–Trinajstić information content (AvgIpc) is 3.47. The molecule has 2 amide bonds. The van der Waals surface area contributed by atoms with Crippen molar-refractivity contribution in [2.75, 3.05) is 62.3 Å². The van der Waals surface area contributed by atoms with Crippen molar-refractivity contribution in [3.05, 3.63) is 48.6 Å². The van der Waals surface area contributed by atoms with Gasteiger partial charge in [-0.3, -0.25) is 19.5 Å². The zero-order valence-electron chi connectivity index (χ0n) is 23.7. The van der Waals surface area contributed by atoms with Crippen LogP contribution in [0.25, 0.3) is 10.3 Å². The number of nitrogens with one attached hydrogen (secondary N) is 2. The highest BCUT2D eigenvalue weighted by Crippen LogP contribution is 2.33. The number of hydrogen-bond donors (Lipinski definition) is 2. The Bertz CT molecular complexity index is 1420. The standard InChI is InChI=1S/C29H37N9O3S/c1-2-24(39)33-22-4-3-9-36(18-22)17-20-5-8-30-23(16-20)27(40)34-21-6-10-38(11-7-21)29-35-25-26(31-19-32-28(25)42-29)37-12-14-41-15-13-37/h2,5,8,16,19,21-22H,1,3-4,6-7,9-15,17-18H2,(H,33,39)(H,34,40)/t22-/m1/s1. The van der Waals surface area contributed by atoms with Crippen LogP contribution in [0.2, 0.25) is 0 Å². The normalized spacial score (nSPS) is 20.4. The molecule has 6 rings (SSSR count). The first-order valence-electron chi connectivity index (χ1n) is 14.7. The highest BCUT2D eigenvalue weighted by molar-refractivity contribution is 7.21. The number of thiazole rings is 1. The minimum absolute atomic E-state index is 0.0774. The first-order valence-corrected chi connectivity index (χ1v) is 15.5. The van der Waals surface area contributed by atoms with Gasteiger partial charge in [0, 0.05) is 57.5 Å². The van der Waals surface area contributed by atoms with E-state index in [1.807, 2.05) is 12.1 Å². The van der Waals surface area contributed by atoms with Gasteiger partial charge in [0.25, 0.3) is 5.91 Å². The Kier molecular flexibility index (Phi) is 8.87. The summed E-state index contributed by atoms with van der Waals surface area (Å²) in [5, 5.41) is 7.14. The Morgan fingerprint density at radius 3 is 2.67 bits per heavy atom. The number of rotatable bonds is 8. The third kappa shape index (κ3) is 6.69. The second-order valence-corrected chi connectivity index (χ2v) is 12.0. The molecule has 0 unspecified atom stereocenters. The van der Waals surface area contributed by atoms with E-state index in [0.717, 1.165) is 91.8 Å². The average molecular weight is 592 g/mol. The number of carbonyl (C=O) groups is 2. The molecule has 0 spiro atoms. The summed E-state index contributed by atoms with van der Waals surface area (Å²) in [5.74, 6) is 0.598. The van der Waals surface area contributed by atoms with Crippen molar-refractivity contribution in [1.82, 2.24) is 35.5 Å². The SMILES string of the molecule is C=CC(=O)N[C@@H]1CCCN(Cc2ccnc(C(=O)NC3CCN(c4nc5c(N6CCOCC6)ncnc5s4)CC3)c2)C1. The van der Waals surface area contributed by atoms with Crippen LogP contribution in [0.5, 0.6) is 0 Å². The summed E-state index contributed by atoms with van der Waals surface area (Å²) < 4.78 is 5.49. The van der Waals surface area contributed by atoms with E-state index >= 15 is 0 Å². The van der Waals surface area contributed by atoms with E-state index in [1.54, 1.807) is 23.9 Å². The fourth-order valence-electron chi connectivity index (χ4n) is 5.88. The molecule has 1 atom stereocenters. The molecule has 0 aromatic carbocycles. The number of amides is 2. The molecule has 0 bridgehead atoms. The summed E-state index contributed by atoms with van der Waals surface area (Å²) in [7, 11) is 0. The van der Waals surface area contributed by atoms with Crippen LogP contribution in [0.15, 0.2) is 37.3 Å². The quantitative estimate of drug-likeness (QED) is 0.375. The van der Waals surface area contributed by atoms with Crippen molar-refractivity contribution in [1.29, 1.82) is 0 Å². The molecule has 12 nitrogen and oxygen atoms in total. The van der Waals surface area contributed by atoms with Gasteiger partial charge in [0.05, 0.1) is 13.2 Å². The molecule has 0 radical (unpaired) electrons. The summed E-state index contributed by atoms with van der Waals surface area (Å²) in [5.41, 5.74) is 2.32. The first kappa shape index (κ1) is 28.4. The molecule has 3 aromatic rings. The molecule has 3 aromatic heterocycles. The van der Waals surface area contributed by atoms with Gasteiger partial charge in [-0.25, -0.2) is 15.0 Å². The van der Waals surface area contributed by atoms with Crippen LogP contribution in [0, 0.1) is 0 Å². The van der Waals surface area contributed by atoms with E-state index in [2.05, 4.69) is 46.9 Å². The zero-order chi connectivity index (χ0) is 28.9. The van der Waals surface area contributed by atoms with Crippen LogP contribution in [-0.4, -0.2) is 101 Å². The number of pyridine rings is 1. The van der Waals surface area contributed by atoms with E-state index < -0.39 is 0 Å². The van der Waals surface area contributed by atoms with E-state index in [4.69, 9.17) is 9.72 Å². The number of piperidine rings is 2. The van der Waals surface area contributed by atoms with Crippen LogP contribution < -0.4 is 20.4 Å². The molecule has 6 heterocycles. The lowest BCUT2D eigenvalue weighted by atomic mass is 10.0. The Hall–Kier alpha value is -3.68. The summed E-state index contributed by atoms with van der Waals surface area (Å²) in [6, 6.07) is 4.02. The number of carbonyl (C=O) groups excluding carboxylic acids is 2. The van der Waals surface area contributed by atoms with Crippen molar-refractivity contribution < 1.29 is 14.3 Å². The second-order valence-electron chi connectivity index (χ2n) is 11.0. The van der Waals surface area contributed by atoms with Crippen molar-refractivity contribution in [3.8, 4) is 0 Å². The van der Waals surface area contributed by atoms with Crippen molar-refractivity contribution in [3.63, 3.8) is 0 Å². The number of fused-ring (bicyclic) bond motifs is 1. The van der Waals surface area contributed by atoms with Crippen LogP contribution in [0.4, 0.5) is 10.9 Å². The van der Waals surface area contributed by atoms with Crippen molar-refractivity contribution in [2.24, 2.45) is 0 Å². The molecular weight excluding hydrogens is 554 g/mol. The number of likely N-dealkylation sites (tertiary alicyclic amines) is 1. The van der Waals surface area contributed by atoms with Gasteiger partial charge in [0.15, 0.2) is 15.8 Å². The third-order valence-corrected chi connectivity index (χ3v) is 9.10. The molecule has 3 aliphatic heterocycles. The van der Waals surface area contributed by atoms with Crippen molar-refractivity contribution >= 4 is 44.4 Å². The first-order chi connectivity index (χ1) is 20.6. The monoisotopic (exact) mass is 591 g/mol. The minimum atomic E-state index is -0.143. The molecule has 3 aliphatic rings. The van der Waals surface area contributed by atoms with Gasteiger partial charge >= 0.3 is 0 Å². The Morgan fingerprint density at radius 1 is 1.02 bits per heavy atom. The lowest BCUT2D eigenvalue weighted by Crippen LogP contribution is -2.47. The van der Waals surface area contributed by atoms with Crippen LogP contribution in [-0.2, 0) is 16.1 Å². The highest BCUT2D eigenvalue weighted by Gasteiger charge is 2.26. The number of hydrogen-bond acceptors (Lipinski definition) is 11. The molecule has 0 aliphatic carbocycles. The Morgan fingerprint density at radius 2 is 1.86 bits per heavy atom. The molecule has 222 valence electrons. The molecular formula is C29H37N9O3S. The second kappa shape index (κ2) is 13.1. The van der Waals surface area contributed by atoms with Gasteiger partial charge in [-0.1, -0.05) is 17.9 Å². The number of nitrogens with zero attached hydrogens (tertiary/aromatic N) is 7. The summed E-state index contributed by atoms with van der Waals surface area (Å²) in [6.07, 6.45) is 8.26. The topological polar surface area (TPSA) is 129 Å². The summed E-state index contributed by atoms with van der Waals surface area (Å²) >= 11 is 1.59. The smallest absolute Gasteiger partial charge is 0.270 e. The fourth-order valence-corrected chi connectivity index (χ4v) is 6.83. The molecule has 2 N–H and O–H groups in total. The lowest BCUT2D eigenvalue weighted by Gasteiger charge is -2.33. The maximum atomic E-state index is 13.1.